The van der Waals surface area contributed by atoms with E-state index in [1.807, 2.05) is 48.5 Å². The standard InChI is InChI=1S/C24H25N3O4/c28-22(27-13-11-26(12-14-27)16-19-7-3-1-4-8-19)18-30-23(29)15-21-17-31-24(25-21)20-9-5-2-6-10-20/h1-10,17H,11-16,18H2. The van der Waals surface area contributed by atoms with Crippen LogP contribution in [0, 0.1) is 0 Å². The van der Waals surface area contributed by atoms with Crippen LogP contribution in [0.25, 0.3) is 11.5 Å². The maximum absolute atomic E-state index is 12.4. The Labute approximate surface area is 181 Å². The number of carbonyl (C=O) groups is 2. The van der Waals surface area contributed by atoms with Gasteiger partial charge in [0.05, 0.1) is 12.1 Å². The third-order valence-corrected chi connectivity index (χ3v) is 5.23. The summed E-state index contributed by atoms with van der Waals surface area (Å²) in [6.07, 6.45) is 1.41. The van der Waals surface area contributed by atoms with Crippen LogP contribution >= 0.6 is 0 Å². The summed E-state index contributed by atoms with van der Waals surface area (Å²) in [7, 11) is 0. The molecular formula is C24H25N3O4. The third kappa shape index (κ3) is 5.79. The SMILES string of the molecule is O=C(Cc1coc(-c2ccccc2)n1)OCC(=O)N1CCN(Cc2ccccc2)CC1. The number of amides is 1. The fraction of sp³-hybridized carbons (Fsp3) is 0.292. The van der Waals surface area contributed by atoms with E-state index in [4.69, 9.17) is 9.15 Å². The second-order valence-electron chi connectivity index (χ2n) is 7.49. The predicted octanol–water partition coefficient (Wildman–Crippen LogP) is 2.77. The van der Waals surface area contributed by atoms with Crippen LogP contribution in [0.3, 0.4) is 0 Å². The van der Waals surface area contributed by atoms with E-state index in [2.05, 4.69) is 22.0 Å². The molecule has 2 heterocycles. The average molecular weight is 419 g/mol. The van der Waals surface area contributed by atoms with E-state index in [0.717, 1.165) is 25.2 Å². The number of rotatable bonds is 7. The number of esters is 1. The monoisotopic (exact) mass is 419 g/mol. The van der Waals surface area contributed by atoms with Gasteiger partial charge in [-0.25, -0.2) is 4.98 Å². The summed E-state index contributed by atoms with van der Waals surface area (Å²) >= 11 is 0. The lowest BCUT2D eigenvalue weighted by atomic mass is 10.2. The summed E-state index contributed by atoms with van der Waals surface area (Å²) in [5, 5.41) is 0. The summed E-state index contributed by atoms with van der Waals surface area (Å²) in [6, 6.07) is 19.7. The molecule has 7 nitrogen and oxygen atoms in total. The topological polar surface area (TPSA) is 75.9 Å². The van der Waals surface area contributed by atoms with Gasteiger partial charge < -0.3 is 14.1 Å². The molecule has 1 saturated heterocycles. The Kier molecular flexibility index (Phi) is 6.74. The lowest BCUT2D eigenvalue weighted by Gasteiger charge is -2.34. The minimum absolute atomic E-state index is 0.0333. The Hall–Kier alpha value is -3.45. The van der Waals surface area contributed by atoms with Crippen molar-refractivity contribution in [1.29, 1.82) is 0 Å². The van der Waals surface area contributed by atoms with Gasteiger partial charge in [-0.1, -0.05) is 48.5 Å². The molecule has 1 amide bonds. The van der Waals surface area contributed by atoms with Gasteiger partial charge in [0.2, 0.25) is 5.89 Å². The van der Waals surface area contributed by atoms with Crippen LogP contribution in [0.15, 0.2) is 71.3 Å². The van der Waals surface area contributed by atoms with Gasteiger partial charge in [0.1, 0.15) is 6.26 Å². The van der Waals surface area contributed by atoms with Crippen LogP contribution < -0.4 is 0 Å². The van der Waals surface area contributed by atoms with E-state index in [0.29, 0.717) is 24.7 Å². The summed E-state index contributed by atoms with van der Waals surface area (Å²) in [5.41, 5.74) is 2.58. The Balaban J connectivity index is 1.19. The lowest BCUT2D eigenvalue weighted by molar-refractivity contribution is -0.152. The molecule has 0 unspecified atom stereocenters. The Morgan fingerprint density at radius 2 is 1.61 bits per heavy atom. The zero-order chi connectivity index (χ0) is 21.5. The van der Waals surface area contributed by atoms with Gasteiger partial charge in [-0.2, -0.15) is 0 Å². The fourth-order valence-electron chi connectivity index (χ4n) is 3.53. The van der Waals surface area contributed by atoms with Crippen molar-refractivity contribution in [1.82, 2.24) is 14.8 Å². The molecule has 0 radical (unpaired) electrons. The van der Waals surface area contributed by atoms with E-state index >= 15 is 0 Å². The van der Waals surface area contributed by atoms with E-state index in [1.54, 1.807) is 4.90 Å². The number of oxazole rings is 1. The van der Waals surface area contributed by atoms with Crippen molar-refractivity contribution in [2.24, 2.45) is 0 Å². The number of benzene rings is 2. The first-order chi connectivity index (χ1) is 15.2. The maximum atomic E-state index is 12.4. The van der Waals surface area contributed by atoms with Crippen molar-refractivity contribution < 1.29 is 18.7 Å². The highest BCUT2D eigenvalue weighted by Crippen LogP contribution is 2.18. The normalized spacial score (nSPS) is 14.4. The molecule has 2 aromatic carbocycles. The minimum Gasteiger partial charge on any atom is -0.455 e. The average Bonchev–Trinajstić information content (AvgIpc) is 3.28. The smallest absolute Gasteiger partial charge is 0.312 e. The Bertz CT molecular complexity index is 996. The number of carbonyl (C=O) groups excluding carboxylic acids is 2. The molecule has 4 rings (SSSR count). The highest BCUT2D eigenvalue weighted by Gasteiger charge is 2.22. The second kappa shape index (κ2) is 10.0. The minimum atomic E-state index is -0.496. The Morgan fingerprint density at radius 3 is 2.32 bits per heavy atom. The molecule has 0 N–H and O–H groups in total. The molecular weight excluding hydrogens is 394 g/mol. The molecule has 0 bridgehead atoms. The van der Waals surface area contributed by atoms with Crippen molar-refractivity contribution in [2.45, 2.75) is 13.0 Å². The van der Waals surface area contributed by atoms with Crippen LogP contribution in [-0.4, -0.2) is 59.4 Å². The molecule has 0 saturated carbocycles. The zero-order valence-corrected chi connectivity index (χ0v) is 17.3. The second-order valence-corrected chi connectivity index (χ2v) is 7.49. The molecule has 160 valence electrons. The number of ether oxygens (including phenoxy) is 1. The van der Waals surface area contributed by atoms with Crippen molar-refractivity contribution in [3.63, 3.8) is 0 Å². The molecule has 0 aliphatic carbocycles. The molecule has 31 heavy (non-hydrogen) atoms. The Morgan fingerprint density at radius 1 is 0.935 bits per heavy atom. The molecule has 1 fully saturated rings. The summed E-state index contributed by atoms with van der Waals surface area (Å²) < 4.78 is 10.6. The zero-order valence-electron chi connectivity index (χ0n) is 17.3. The summed E-state index contributed by atoms with van der Waals surface area (Å²) in [6.45, 7) is 3.49. The maximum Gasteiger partial charge on any atom is 0.312 e. The quantitative estimate of drug-likeness (QED) is 0.548. The van der Waals surface area contributed by atoms with E-state index in [1.165, 1.54) is 11.8 Å². The number of piperazine rings is 1. The highest BCUT2D eigenvalue weighted by atomic mass is 16.5. The highest BCUT2D eigenvalue weighted by molar-refractivity contribution is 5.81. The number of hydrogen-bond acceptors (Lipinski definition) is 6. The lowest BCUT2D eigenvalue weighted by Crippen LogP contribution is -2.49. The fourth-order valence-corrected chi connectivity index (χ4v) is 3.53. The molecule has 3 aromatic rings. The predicted molar refractivity (Wildman–Crippen MR) is 115 cm³/mol. The molecule has 1 aromatic heterocycles. The van der Waals surface area contributed by atoms with Gasteiger partial charge in [0.25, 0.3) is 5.91 Å². The molecule has 1 aliphatic rings. The van der Waals surface area contributed by atoms with Gasteiger partial charge in [-0.15, -0.1) is 0 Å². The first kappa shape index (κ1) is 20.8. The largest absolute Gasteiger partial charge is 0.455 e. The molecule has 7 heteroatoms. The van der Waals surface area contributed by atoms with Gasteiger partial charge in [-0.05, 0) is 17.7 Å². The van der Waals surface area contributed by atoms with E-state index in [9.17, 15) is 9.59 Å². The van der Waals surface area contributed by atoms with E-state index < -0.39 is 5.97 Å². The van der Waals surface area contributed by atoms with Gasteiger partial charge in [0.15, 0.2) is 6.61 Å². The first-order valence-electron chi connectivity index (χ1n) is 10.4. The number of hydrogen-bond donors (Lipinski definition) is 0. The van der Waals surface area contributed by atoms with Crippen LogP contribution in [-0.2, 0) is 27.3 Å². The van der Waals surface area contributed by atoms with Crippen LogP contribution in [0.5, 0.6) is 0 Å². The van der Waals surface area contributed by atoms with Crippen molar-refractivity contribution in [3.05, 3.63) is 78.2 Å². The van der Waals surface area contributed by atoms with Crippen molar-refractivity contribution in [2.75, 3.05) is 32.8 Å². The third-order valence-electron chi connectivity index (χ3n) is 5.23. The first-order valence-corrected chi connectivity index (χ1v) is 10.4. The van der Waals surface area contributed by atoms with Crippen molar-refractivity contribution >= 4 is 11.9 Å². The molecule has 0 spiro atoms. The van der Waals surface area contributed by atoms with Gasteiger partial charge in [0, 0.05) is 38.3 Å². The summed E-state index contributed by atoms with van der Waals surface area (Å²) in [5.74, 6) is -0.213. The van der Waals surface area contributed by atoms with Crippen molar-refractivity contribution in [3.8, 4) is 11.5 Å². The van der Waals surface area contributed by atoms with E-state index in [-0.39, 0.29) is 18.9 Å². The number of aromatic nitrogens is 1. The van der Waals surface area contributed by atoms with Gasteiger partial charge in [-0.3, -0.25) is 14.5 Å². The summed E-state index contributed by atoms with van der Waals surface area (Å²) in [4.78, 5) is 32.9. The van der Waals surface area contributed by atoms with Crippen LogP contribution in [0.4, 0.5) is 0 Å². The molecule has 1 aliphatic heterocycles. The molecule has 0 atom stereocenters. The van der Waals surface area contributed by atoms with Crippen LogP contribution in [0.2, 0.25) is 0 Å². The van der Waals surface area contributed by atoms with Crippen LogP contribution in [0.1, 0.15) is 11.3 Å². The van der Waals surface area contributed by atoms with Gasteiger partial charge >= 0.3 is 5.97 Å². The number of nitrogens with zero attached hydrogens (tertiary/aromatic N) is 3.